The van der Waals surface area contributed by atoms with Crippen molar-refractivity contribution in [2.45, 2.75) is 38.1 Å². The number of hydrogen-bond acceptors (Lipinski definition) is 3. The minimum Gasteiger partial charge on any atom is -0.374 e. The Hall–Kier alpha value is -2.30. The number of piperidine rings is 1. The fraction of sp³-hybridized carbons (Fsp3) is 0.444. The summed E-state index contributed by atoms with van der Waals surface area (Å²) in [5, 5.41) is 7.63. The van der Waals surface area contributed by atoms with E-state index in [0.29, 0.717) is 0 Å². The molecule has 1 atom stereocenters. The first-order valence-electron chi connectivity index (χ1n) is 8.39. The van der Waals surface area contributed by atoms with Crippen LogP contribution in [0.1, 0.15) is 30.4 Å². The van der Waals surface area contributed by atoms with Gasteiger partial charge >= 0.3 is 0 Å². The van der Waals surface area contributed by atoms with E-state index in [1.54, 1.807) is 10.9 Å². The first-order valence-corrected chi connectivity index (χ1v) is 8.39. The average molecular weight is 310 g/mol. The molecule has 1 N–H and O–H groups in total. The van der Waals surface area contributed by atoms with E-state index in [4.69, 9.17) is 0 Å². The van der Waals surface area contributed by atoms with E-state index in [1.807, 2.05) is 18.1 Å². The van der Waals surface area contributed by atoms with Gasteiger partial charge in [-0.15, -0.1) is 0 Å². The lowest BCUT2D eigenvalue weighted by molar-refractivity contribution is -0.120. The van der Waals surface area contributed by atoms with Gasteiger partial charge in [-0.3, -0.25) is 9.48 Å². The Bertz CT molecular complexity index is 736. The molecule has 1 aromatic heterocycles. The molecule has 1 aromatic carbocycles. The van der Waals surface area contributed by atoms with Crippen molar-refractivity contribution in [3.8, 4) is 0 Å². The Morgan fingerprint density at radius 3 is 2.91 bits per heavy atom. The van der Waals surface area contributed by atoms with Crippen molar-refractivity contribution in [3.63, 3.8) is 0 Å². The van der Waals surface area contributed by atoms with Gasteiger partial charge < -0.3 is 10.2 Å². The summed E-state index contributed by atoms with van der Waals surface area (Å²) in [6.45, 7) is 0.771. The number of carbonyl (C=O) groups is 1. The SMILES string of the molecule is Cn1cc(N2CCCC(Nc3ccc4c(c3)CCC4)C2=O)cn1. The molecule has 2 aromatic rings. The van der Waals surface area contributed by atoms with Gasteiger partial charge in [-0.05, 0) is 55.4 Å². The molecule has 120 valence electrons. The third-order valence-corrected chi connectivity index (χ3v) is 4.88. The molecule has 5 heteroatoms. The van der Waals surface area contributed by atoms with Crippen LogP contribution in [0.3, 0.4) is 0 Å². The van der Waals surface area contributed by atoms with Crippen molar-refractivity contribution >= 4 is 17.3 Å². The number of benzene rings is 1. The Morgan fingerprint density at radius 2 is 2.09 bits per heavy atom. The van der Waals surface area contributed by atoms with E-state index in [1.165, 1.54) is 24.0 Å². The van der Waals surface area contributed by atoms with E-state index in [2.05, 4.69) is 28.6 Å². The van der Waals surface area contributed by atoms with Crippen molar-refractivity contribution in [2.75, 3.05) is 16.8 Å². The highest BCUT2D eigenvalue weighted by Gasteiger charge is 2.30. The zero-order chi connectivity index (χ0) is 15.8. The molecule has 23 heavy (non-hydrogen) atoms. The molecule has 1 unspecified atom stereocenters. The Labute approximate surface area is 136 Å². The van der Waals surface area contributed by atoms with Gasteiger partial charge in [0, 0.05) is 25.5 Å². The maximum absolute atomic E-state index is 12.8. The molecule has 2 heterocycles. The molecule has 2 aliphatic rings. The summed E-state index contributed by atoms with van der Waals surface area (Å²) in [4.78, 5) is 14.6. The number of nitrogens with zero attached hydrogens (tertiary/aromatic N) is 3. The van der Waals surface area contributed by atoms with Crippen LogP contribution in [0.2, 0.25) is 0 Å². The van der Waals surface area contributed by atoms with Crippen molar-refractivity contribution in [3.05, 3.63) is 41.7 Å². The second-order valence-electron chi connectivity index (χ2n) is 6.54. The van der Waals surface area contributed by atoms with Crippen molar-refractivity contribution < 1.29 is 4.79 Å². The second-order valence-corrected chi connectivity index (χ2v) is 6.54. The van der Waals surface area contributed by atoms with E-state index in [-0.39, 0.29) is 11.9 Å². The molecule has 1 amide bonds. The highest BCUT2D eigenvalue weighted by Crippen LogP contribution is 2.27. The molecule has 1 aliphatic carbocycles. The van der Waals surface area contributed by atoms with Crippen LogP contribution in [-0.4, -0.2) is 28.3 Å². The summed E-state index contributed by atoms with van der Waals surface area (Å²) < 4.78 is 1.74. The predicted octanol–water partition coefficient (Wildman–Crippen LogP) is 2.52. The van der Waals surface area contributed by atoms with Crippen LogP contribution in [-0.2, 0) is 24.7 Å². The van der Waals surface area contributed by atoms with E-state index >= 15 is 0 Å². The van der Waals surface area contributed by atoms with Crippen LogP contribution >= 0.6 is 0 Å². The molecule has 0 spiro atoms. The molecule has 1 aliphatic heterocycles. The first kappa shape index (κ1) is 14.3. The molecule has 5 nitrogen and oxygen atoms in total. The first-order chi connectivity index (χ1) is 11.2. The highest BCUT2D eigenvalue weighted by molar-refractivity contribution is 5.99. The summed E-state index contributed by atoms with van der Waals surface area (Å²) in [5.41, 5.74) is 4.85. The molecule has 0 saturated carbocycles. The Balaban J connectivity index is 1.51. The summed E-state index contributed by atoms with van der Waals surface area (Å²) in [5.74, 6) is 0.143. The van der Waals surface area contributed by atoms with Crippen molar-refractivity contribution in [2.24, 2.45) is 7.05 Å². The van der Waals surface area contributed by atoms with Gasteiger partial charge in [0.2, 0.25) is 5.91 Å². The lowest BCUT2D eigenvalue weighted by Gasteiger charge is -2.32. The van der Waals surface area contributed by atoms with Gasteiger partial charge in [0.15, 0.2) is 0 Å². The maximum Gasteiger partial charge on any atom is 0.249 e. The lowest BCUT2D eigenvalue weighted by Crippen LogP contribution is -2.47. The number of amides is 1. The third-order valence-electron chi connectivity index (χ3n) is 4.88. The van der Waals surface area contributed by atoms with Gasteiger partial charge in [-0.2, -0.15) is 5.10 Å². The molecule has 0 bridgehead atoms. The topological polar surface area (TPSA) is 50.2 Å². The predicted molar refractivity (Wildman–Crippen MR) is 90.7 cm³/mol. The molecular formula is C18H22N4O. The van der Waals surface area contributed by atoms with E-state index in [0.717, 1.165) is 37.2 Å². The average Bonchev–Trinajstić information content (AvgIpc) is 3.17. The fourth-order valence-electron chi connectivity index (χ4n) is 3.68. The number of carbonyl (C=O) groups excluding carboxylic acids is 1. The minimum absolute atomic E-state index is 0.143. The number of rotatable bonds is 3. The monoisotopic (exact) mass is 310 g/mol. The highest BCUT2D eigenvalue weighted by atomic mass is 16.2. The number of anilines is 2. The zero-order valence-corrected chi connectivity index (χ0v) is 13.5. The Morgan fingerprint density at radius 1 is 1.22 bits per heavy atom. The molecule has 0 radical (unpaired) electrons. The number of aromatic nitrogens is 2. The standard InChI is InChI=1S/C18H22N4O/c1-21-12-16(11-19-21)22-9-3-6-17(18(22)23)20-15-8-7-13-4-2-5-14(13)10-15/h7-8,10-12,17,20H,2-6,9H2,1H3. The summed E-state index contributed by atoms with van der Waals surface area (Å²) in [6, 6.07) is 6.39. The van der Waals surface area contributed by atoms with Gasteiger partial charge in [0.25, 0.3) is 0 Å². The maximum atomic E-state index is 12.8. The van der Waals surface area contributed by atoms with Crippen LogP contribution in [0, 0.1) is 0 Å². The fourth-order valence-corrected chi connectivity index (χ4v) is 3.68. The smallest absolute Gasteiger partial charge is 0.249 e. The summed E-state index contributed by atoms with van der Waals surface area (Å²) in [6.07, 6.45) is 9.13. The Kier molecular flexibility index (Phi) is 3.56. The normalized spacial score (nSPS) is 20.7. The van der Waals surface area contributed by atoms with Crippen LogP contribution in [0.4, 0.5) is 11.4 Å². The molecule has 1 fully saturated rings. The molecule has 1 saturated heterocycles. The van der Waals surface area contributed by atoms with E-state index in [9.17, 15) is 4.79 Å². The third kappa shape index (κ3) is 2.71. The summed E-state index contributed by atoms with van der Waals surface area (Å²) in [7, 11) is 1.87. The van der Waals surface area contributed by atoms with Crippen LogP contribution in [0.5, 0.6) is 0 Å². The van der Waals surface area contributed by atoms with Crippen LogP contribution < -0.4 is 10.2 Å². The van der Waals surface area contributed by atoms with Gasteiger partial charge in [-0.1, -0.05) is 6.07 Å². The quantitative estimate of drug-likeness (QED) is 0.948. The second kappa shape index (κ2) is 5.72. The molecule has 4 rings (SSSR count). The van der Waals surface area contributed by atoms with Gasteiger partial charge in [0.1, 0.15) is 6.04 Å². The number of hydrogen-bond donors (Lipinski definition) is 1. The van der Waals surface area contributed by atoms with Crippen molar-refractivity contribution in [1.29, 1.82) is 0 Å². The minimum atomic E-state index is -0.150. The number of aryl methyl sites for hydroxylation is 3. The van der Waals surface area contributed by atoms with Gasteiger partial charge in [-0.25, -0.2) is 0 Å². The summed E-state index contributed by atoms with van der Waals surface area (Å²) >= 11 is 0. The van der Waals surface area contributed by atoms with Crippen LogP contribution in [0.15, 0.2) is 30.6 Å². The largest absolute Gasteiger partial charge is 0.374 e. The van der Waals surface area contributed by atoms with Crippen LogP contribution in [0.25, 0.3) is 0 Å². The zero-order valence-electron chi connectivity index (χ0n) is 13.5. The van der Waals surface area contributed by atoms with Crippen molar-refractivity contribution in [1.82, 2.24) is 9.78 Å². The van der Waals surface area contributed by atoms with Gasteiger partial charge in [0.05, 0.1) is 11.9 Å². The number of nitrogens with one attached hydrogen (secondary N) is 1. The number of fused-ring (bicyclic) bond motifs is 1. The molecular weight excluding hydrogens is 288 g/mol. The lowest BCUT2D eigenvalue weighted by atomic mass is 10.0. The van der Waals surface area contributed by atoms with E-state index < -0.39 is 0 Å².